The van der Waals surface area contributed by atoms with Gasteiger partial charge in [0.25, 0.3) is 0 Å². The number of nitrogens with zero attached hydrogens (tertiary/aromatic N) is 4. The molecule has 126 valence electrons. The molecule has 1 aromatic heterocycles. The summed E-state index contributed by atoms with van der Waals surface area (Å²) in [5, 5.41) is 1.20. The Balaban J connectivity index is 1.69. The number of morpholine rings is 1. The van der Waals surface area contributed by atoms with Gasteiger partial charge in [-0.15, -0.1) is 0 Å². The highest BCUT2D eigenvalue weighted by atomic mass is 35.5. The van der Waals surface area contributed by atoms with Crippen molar-refractivity contribution in [2.45, 2.75) is 0 Å². The van der Waals surface area contributed by atoms with Crippen LogP contribution in [0.25, 0.3) is 0 Å². The fraction of sp³-hybridized carbons (Fsp3) is 0.333. The summed E-state index contributed by atoms with van der Waals surface area (Å²) in [5.74, 6) is 0.474. The van der Waals surface area contributed by atoms with Crippen molar-refractivity contribution < 1.29 is 14.4 Å². The summed E-state index contributed by atoms with van der Waals surface area (Å²) in [7, 11) is 0. The third-order valence-electron chi connectivity index (χ3n) is 4.06. The van der Waals surface area contributed by atoms with Crippen molar-refractivity contribution in [2.75, 3.05) is 42.8 Å². The quantitative estimate of drug-likeness (QED) is 0.760. The number of carbonyl (C=O) groups is 1. The average molecular weight is 351 g/mol. The number of hydrogen-bond acceptors (Lipinski definition) is 6. The molecule has 8 nitrogen and oxygen atoms in total. The zero-order valence-corrected chi connectivity index (χ0v) is 13.5. The zero-order valence-electron chi connectivity index (χ0n) is 12.7. The topological polar surface area (TPSA) is 67.2 Å². The van der Waals surface area contributed by atoms with Crippen LogP contribution in [0.4, 0.5) is 16.3 Å². The molecule has 0 radical (unpaired) electrons. The highest BCUT2D eigenvalue weighted by Gasteiger charge is 2.33. The molecule has 24 heavy (non-hydrogen) atoms. The van der Waals surface area contributed by atoms with E-state index in [1.165, 1.54) is 21.4 Å². The van der Waals surface area contributed by atoms with E-state index in [1.54, 1.807) is 11.1 Å². The first-order valence-electron chi connectivity index (χ1n) is 7.57. The van der Waals surface area contributed by atoms with Crippen LogP contribution in [0.2, 0.25) is 0 Å². The maximum Gasteiger partial charge on any atom is 0.434 e. The second-order valence-corrected chi connectivity index (χ2v) is 5.88. The summed E-state index contributed by atoms with van der Waals surface area (Å²) in [4.78, 5) is 33.6. The summed E-state index contributed by atoms with van der Waals surface area (Å²) >= 11 is 6.22. The van der Waals surface area contributed by atoms with E-state index in [1.807, 2.05) is 17.1 Å². The van der Waals surface area contributed by atoms with E-state index >= 15 is 0 Å². The van der Waals surface area contributed by atoms with Gasteiger partial charge in [-0.05, 0) is 6.08 Å². The third-order valence-corrected chi connectivity index (χ3v) is 4.34. The zero-order chi connectivity index (χ0) is 16.7. The minimum Gasteiger partial charge on any atom is -0.378 e. The number of rotatable bonds is 1. The average Bonchev–Trinajstić information content (AvgIpc) is 3.06. The Labute approximate surface area is 142 Å². The first-order chi connectivity index (χ1) is 11.6. The maximum atomic E-state index is 12.4. The molecule has 9 heteroatoms. The summed E-state index contributed by atoms with van der Waals surface area (Å²) in [6, 6.07) is 1.34. The number of fused-ring (bicyclic) bond motifs is 3. The van der Waals surface area contributed by atoms with Crippen LogP contribution in [-0.4, -0.2) is 47.9 Å². The summed E-state index contributed by atoms with van der Waals surface area (Å²) in [6.45, 7) is 2.45. The van der Waals surface area contributed by atoms with Crippen molar-refractivity contribution in [1.82, 2.24) is 8.99 Å². The Morgan fingerprint density at radius 3 is 2.88 bits per heavy atom. The van der Waals surface area contributed by atoms with Crippen LogP contribution in [-0.2, 0) is 9.57 Å². The van der Waals surface area contributed by atoms with Crippen molar-refractivity contribution in [2.24, 2.45) is 0 Å². The minimum absolute atomic E-state index is 0.210. The van der Waals surface area contributed by atoms with Gasteiger partial charge in [0.1, 0.15) is 0 Å². The van der Waals surface area contributed by atoms with E-state index in [2.05, 4.69) is 0 Å². The van der Waals surface area contributed by atoms with E-state index in [0.717, 1.165) is 5.70 Å². The van der Waals surface area contributed by atoms with Gasteiger partial charge in [-0.25, -0.2) is 8.88 Å². The Morgan fingerprint density at radius 2 is 2.08 bits per heavy atom. The Morgan fingerprint density at radius 1 is 1.29 bits per heavy atom. The molecule has 0 saturated carbocycles. The number of carbonyl (C=O) groups excluding carboxylic acids is 1. The molecule has 0 spiro atoms. The van der Waals surface area contributed by atoms with Crippen LogP contribution in [0.5, 0.6) is 0 Å². The highest BCUT2D eigenvalue weighted by Crippen LogP contribution is 2.37. The maximum absolute atomic E-state index is 12.4. The fourth-order valence-electron chi connectivity index (χ4n) is 2.88. The lowest BCUT2D eigenvalue weighted by atomic mass is 10.3. The predicted molar refractivity (Wildman–Crippen MR) is 87.9 cm³/mol. The van der Waals surface area contributed by atoms with Crippen LogP contribution in [0.15, 0.2) is 41.1 Å². The lowest BCUT2D eigenvalue weighted by Crippen LogP contribution is -2.44. The van der Waals surface area contributed by atoms with E-state index in [9.17, 15) is 9.59 Å². The van der Waals surface area contributed by atoms with Gasteiger partial charge in [-0.3, -0.25) is 4.79 Å². The fourth-order valence-corrected chi connectivity index (χ4v) is 3.11. The Kier molecular flexibility index (Phi) is 3.70. The van der Waals surface area contributed by atoms with Crippen molar-refractivity contribution in [1.29, 1.82) is 0 Å². The number of halogens is 1. The van der Waals surface area contributed by atoms with Gasteiger partial charge in [0.2, 0.25) is 5.43 Å². The molecule has 3 aliphatic heterocycles. The number of hydroxylamine groups is 1. The Hall–Kier alpha value is -2.45. The number of amides is 1. The van der Waals surface area contributed by atoms with Gasteiger partial charge >= 0.3 is 6.09 Å². The lowest BCUT2D eigenvalue weighted by molar-refractivity contribution is 0.0265. The molecule has 0 atom stereocenters. The normalized spacial score (nSPS) is 19.0. The van der Waals surface area contributed by atoms with Crippen LogP contribution in [0.1, 0.15) is 0 Å². The molecule has 4 heterocycles. The highest BCUT2D eigenvalue weighted by molar-refractivity contribution is 6.17. The minimum atomic E-state index is -0.527. The SMILES string of the molecule is O=C(ON1C=C2C=CCN2c2c1c(=O)ccn2Cl)N1CCOCC1. The predicted octanol–water partition coefficient (Wildman–Crippen LogP) is 1.27. The van der Waals surface area contributed by atoms with Crippen LogP contribution < -0.4 is 15.4 Å². The molecule has 1 saturated heterocycles. The molecule has 1 amide bonds. The monoisotopic (exact) mass is 350 g/mol. The molecular weight excluding hydrogens is 336 g/mol. The van der Waals surface area contributed by atoms with Gasteiger partial charge in [0.15, 0.2) is 11.5 Å². The van der Waals surface area contributed by atoms with Gasteiger partial charge in [0, 0.05) is 43.7 Å². The standard InChI is InChI=1S/C15H15ClN4O4/c16-19-5-3-12(21)13-14(19)18-4-1-2-11(18)10-20(13)24-15(22)17-6-8-23-9-7-17/h1-3,5,10H,4,6-9H2. The van der Waals surface area contributed by atoms with Gasteiger partial charge in [-0.1, -0.05) is 6.08 Å². The number of aromatic nitrogens is 1. The molecule has 3 aliphatic rings. The molecule has 1 fully saturated rings. The smallest absolute Gasteiger partial charge is 0.378 e. The van der Waals surface area contributed by atoms with Crippen LogP contribution in [0.3, 0.4) is 0 Å². The molecule has 4 rings (SSSR count). The second kappa shape index (κ2) is 5.88. The van der Waals surface area contributed by atoms with Gasteiger partial charge in [-0.2, -0.15) is 5.06 Å². The molecule has 0 aromatic carbocycles. The number of allylic oxidation sites excluding steroid dienone is 1. The van der Waals surface area contributed by atoms with Gasteiger partial charge < -0.3 is 19.4 Å². The van der Waals surface area contributed by atoms with E-state index in [4.69, 9.17) is 21.4 Å². The first-order valence-corrected chi connectivity index (χ1v) is 7.90. The number of ether oxygens (including phenoxy) is 1. The largest absolute Gasteiger partial charge is 0.434 e. The van der Waals surface area contributed by atoms with E-state index in [-0.39, 0.29) is 11.1 Å². The van der Waals surface area contributed by atoms with E-state index in [0.29, 0.717) is 38.7 Å². The lowest BCUT2D eigenvalue weighted by Gasteiger charge is -2.34. The molecular formula is C15H15ClN4O4. The van der Waals surface area contributed by atoms with E-state index < -0.39 is 6.09 Å². The number of anilines is 2. The molecule has 0 N–H and O–H groups in total. The van der Waals surface area contributed by atoms with Crippen molar-refractivity contribution >= 4 is 29.4 Å². The molecule has 1 aromatic rings. The first kappa shape index (κ1) is 15.1. The summed E-state index contributed by atoms with van der Waals surface area (Å²) < 4.78 is 6.55. The van der Waals surface area contributed by atoms with Gasteiger partial charge in [0.05, 0.1) is 25.1 Å². The molecule has 0 bridgehead atoms. The van der Waals surface area contributed by atoms with Crippen molar-refractivity contribution in [3.63, 3.8) is 0 Å². The van der Waals surface area contributed by atoms with Crippen LogP contribution >= 0.6 is 11.8 Å². The summed E-state index contributed by atoms with van der Waals surface area (Å²) in [5.41, 5.74) is 0.720. The van der Waals surface area contributed by atoms with Crippen molar-refractivity contribution in [3.05, 3.63) is 46.5 Å². The van der Waals surface area contributed by atoms with Crippen LogP contribution in [0, 0.1) is 0 Å². The third kappa shape index (κ3) is 2.44. The van der Waals surface area contributed by atoms with Crippen molar-refractivity contribution in [3.8, 4) is 0 Å². The second-order valence-electron chi connectivity index (χ2n) is 5.51. The summed E-state index contributed by atoms with van der Waals surface area (Å²) in [6.07, 6.45) is 6.39. The molecule has 0 unspecified atom stereocenters. The number of hydrogen-bond donors (Lipinski definition) is 0. The molecule has 0 aliphatic carbocycles. The number of pyridine rings is 1. The Bertz CT molecular complexity index is 797.